The summed E-state index contributed by atoms with van der Waals surface area (Å²) < 4.78 is 6.86. The number of esters is 1. The summed E-state index contributed by atoms with van der Waals surface area (Å²) in [6.45, 7) is 5.57. The van der Waals surface area contributed by atoms with E-state index in [1.54, 1.807) is 17.9 Å². The molecule has 4 heteroatoms. The van der Waals surface area contributed by atoms with Crippen LogP contribution in [0.1, 0.15) is 26.5 Å². The van der Waals surface area contributed by atoms with Crippen molar-refractivity contribution in [3.05, 3.63) is 18.0 Å². The molecule has 0 saturated heterocycles. The highest BCUT2D eigenvalue weighted by molar-refractivity contribution is 5.72. The lowest BCUT2D eigenvalue weighted by molar-refractivity contribution is -0.154. The quantitative estimate of drug-likeness (QED) is 0.670. The smallest absolute Gasteiger partial charge is 0.312 e. The highest BCUT2D eigenvalue weighted by Crippen LogP contribution is 2.09. The summed E-state index contributed by atoms with van der Waals surface area (Å²) in [7, 11) is 1.81. The highest BCUT2D eigenvalue weighted by Gasteiger charge is 2.17. The number of aryl methyl sites for hydroxylation is 1. The molecule has 0 amide bonds. The van der Waals surface area contributed by atoms with Crippen molar-refractivity contribution in [3.63, 3.8) is 0 Å². The fraction of sp³-hybridized carbons (Fsp3) is 0.600. The van der Waals surface area contributed by atoms with Gasteiger partial charge in [-0.25, -0.2) is 0 Å². The molecule has 0 aromatic carbocycles. The molecule has 1 aromatic heterocycles. The molecule has 78 valence electrons. The van der Waals surface area contributed by atoms with Gasteiger partial charge in [0.1, 0.15) is 5.60 Å². The Morgan fingerprint density at radius 1 is 1.57 bits per heavy atom. The molecule has 0 aliphatic carbocycles. The molecule has 14 heavy (non-hydrogen) atoms. The third-order valence-corrected chi connectivity index (χ3v) is 1.67. The average Bonchev–Trinajstić information content (AvgIpc) is 2.32. The Hall–Kier alpha value is -1.32. The van der Waals surface area contributed by atoms with E-state index in [-0.39, 0.29) is 12.4 Å². The third kappa shape index (κ3) is 3.20. The Labute approximate surface area is 83.9 Å². The van der Waals surface area contributed by atoms with Gasteiger partial charge in [-0.1, -0.05) is 0 Å². The number of aromatic nitrogens is 2. The van der Waals surface area contributed by atoms with Crippen molar-refractivity contribution in [2.45, 2.75) is 32.8 Å². The zero-order valence-corrected chi connectivity index (χ0v) is 9.07. The zero-order valence-electron chi connectivity index (χ0n) is 9.07. The molecule has 1 heterocycles. The molecule has 0 radical (unpaired) electrons. The van der Waals surface area contributed by atoms with Crippen LogP contribution in [0.15, 0.2) is 12.3 Å². The predicted molar refractivity (Wildman–Crippen MR) is 52.8 cm³/mol. The van der Waals surface area contributed by atoms with E-state index in [0.717, 1.165) is 5.69 Å². The van der Waals surface area contributed by atoms with Gasteiger partial charge in [0.05, 0.1) is 6.42 Å². The van der Waals surface area contributed by atoms with Crippen molar-refractivity contribution < 1.29 is 9.53 Å². The van der Waals surface area contributed by atoms with Crippen LogP contribution in [0.3, 0.4) is 0 Å². The highest BCUT2D eigenvalue weighted by atomic mass is 16.6. The van der Waals surface area contributed by atoms with Gasteiger partial charge in [0, 0.05) is 18.9 Å². The molecule has 0 aliphatic heterocycles. The van der Waals surface area contributed by atoms with E-state index < -0.39 is 5.60 Å². The van der Waals surface area contributed by atoms with Gasteiger partial charge in [-0.3, -0.25) is 9.48 Å². The van der Waals surface area contributed by atoms with Crippen LogP contribution < -0.4 is 0 Å². The Morgan fingerprint density at radius 3 is 2.64 bits per heavy atom. The van der Waals surface area contributed by atoms with Crippen LogP contribution in [0.25, 0.3) is 0 Å². The van der Waals surface area contributed by atoms with Crippen LogP contribution in [0.2, 0.25) is 0 Å². The second-order valence-electron chi connectivity index (χ2n) is 4.21. The van der Waals surface area contributed by atoms with Gasteiger partial charge in [0.15, 0.2) is 0 Å². The second kappa shape index (κ2) is 3.82. The second-order valence-corrected chi connectivity index (χ2v) is 4.21. The van der Waals surface area contributed by atoms with Crippen molar-refractivity contribution >= 4 is 5.97 Å². The van der Waals surface area contributed by atoms with E-state index in [4.69, 9.17) is 4.74 Å². The van der Waals surface area contributed by atoms with E-state index in [9.17, 15) is 4.79 Å². The number of rotatable bonds is 2. The minimum absolute atomic E-state index is 0.221. The van der Waals surface area contributed by atoms with Gasteiger partial charge in [-0.2, -0.15) is 5.10 Å². The molecule has 0 spiro atoms. The summed E-state index contributed by atoms with van der Waals surface area (Å²) in [6.07, 6.45) is 1.94. The summed E-state index contributed by atoms with van der Waals surface area (Å²) in [6, 6.07) is 1.81. The monoisotopic (exact) mass is 196 g/mol. The maximum atomic E-state index is 11.4. The van der Waals surface area contributed by atoms with E-state index in [0.29, 0.717) is 0 Å². The fourth-order valence-corrected chi connectivity index (χ4v) is 1.10. The molecule has 0 fully saturated rings. The number of carbonyl (C=O) groups is 1. The van der Waals surface area contributed by atoms with Crippen LogP contribution in [-0.4, -0.2) is 21.4 Å². The molecule has 0 atom stereocenters. The first-order valence-electron chi connectivity index (χ1n) is 4.57. The van der Waals surface area contributed by atoms with Crippen molar-refractivity contribution in [1.29, 1.82) is 0 Å². The van der Waals surface area contributed by atoms with E-state index in [1.807, 2.05) is 26.8 Å². The summed E-state index contributed by atoms with van der Waals surface area (Å²) in [5.74, 6) is -0.221. The lowest BCUT2D eigenvalue weighted by Gasteiger charge is -2.19. The van der Waals surface area contributed by atoms with Gasteiger partial charge in [0.25, 0.3) is 0 Å². The first-order valence-corrected chi connectivity index (χ1v) is 4.57. The van der Waals surface area contributed by atoms with E-state index in [1.165, 1.54) is 0 Å². The average molecular weight is 196 g/mol. The molecule has 0 bridgehead atoms. The molecule has 4 nitrogen and oxygen atoms in total. The molecular formula is C10H16N2O2. The van der Waals surface area contributed by atoms with Gasteiger partial charge in [-0.05, 0) is 26.8 Å². The van der Waals surface area contributed by atoms with E-state index >= 15 is 0 Å². The number of hydrogen-bond donors (Lipinski definition) is 0. The van der Waals surface area contributed by atoms with Crippen molar-refractivity contribution in [2.75, 3.05) is 0 Å². The molecule has 0 unspecified atom stereocenters. The van der Waals surface area contributed by atoms with Gasteiger partial charge < -0.3 is 4.74 Å². The minimum Gasteiger partial charge on any atom is -0.460 e. The van der Waals surface area contributed by atoms with Crippen LogP contribution >= 0.6 is 0 Å². The molecule has 0 N–H and O–H groups in total. The minimum atomic E-state index is -0.421. The van der Waals surface area contributed by atoms with Crippen molar-refractivity contribution in [3.8, 4) is 0 Å². The molecule has 1 rings (SSSR count). The Morgan fingerprint density at radius 2 is 2.21 bits per heavy atom. The Kier molecular flexibility index (Phi) is 2.93. The summed E-state index contributed by atoms with van der Waals surface area (Å²) >= 11 is 0. The first-order chi connectivity index (χ1) is 6.38. The topological polar surface area (TPSA) is 44.1 Å². The number of carbonyl (C=O) groups excluding carboxylic acids is 1. The number of ether oxygens (including phenoxy) is 1. The van der Waals surface area contributed by atoms with Crippen molar-refractivity contribution in [1.82, 2.24) is 9.78 Å². The SMILES string of the molecule is Cn1nccc1CC(=O)OC(C)(C)C. The van der Waals surface area contributed by atoms with E-state index in [2.05, 4.69) is 5.10 Å². The van der Waals surface area contributed by atoms with Crippen LogP contribution in [0.4, 0.5) is 0 Å². The number of hydrogen-bond acceptors (Lipinski definition) is 3. The van der Waals surface area contributed by atoms with Gasteiger partial charge in [0.2, 0.25) is 0 Å². The zero-order chi connectivity index (χ0) is 10.8. The lowest BCUT2D eigenvalue weighted by atomic mass is 10.2. The molecular weight excluding hydrogens is 180 g/mol. The predicted octanol–water partition coefficient (Wildman–Crippen LogP) is 1.30. The fourth-order valence-electron chi connectivity index (χ4n) is 1.10. The van der Waals surface area contributed by atoms with Crippen molar-refractivity contribution in [2.24, 2.45) is 7.05 Å². The van der Waals surface area contributed by atoms with Crippen LogP contribution in [0.5, 0.6) is 0 Å². The van der Waals surface area contributed by atoms with Crippen LogP contribution in [0, 0.1) is 0 Å². The molecule has 1 aromatic rings. The molecule has 0 saturated carbocycles. The number of nitrogens with zero attached hydrogens (tertiary/aromatic N) is 2. The van der Waals surface area contributed by atoms with Crippen LogP contribution in [-0.2, 0) is 23.0 Å². The van der Waals surface area contributed by atoms with Gasteiger partial charge >= 0.3 is 5.97 Å². The van der Waals surface area contributed by atoms with Gasteiger partial charge in [-0.15, -0.1) is 0 Å². The standard InChI is InChI=1S/C10H16N2O2/c1-10(2,3)14-9(13)7-8-5-6-11-12(8)4/h5-6H,7H2,1-4H3. The third-order valence-electron chi connectivity index (χ3n) is 1.67. The maximum absolute atomic E-state index is 11.4. The molecule has 0 aliphatic rings. The Bertz CT molecular complexity index is 323. The Balaban J connectivity index is 2.54. The summed E-state index contributed by atoms with van der Waals surface area (Å²) in [5, 5.41) is 3.98. The maximum Gasteiger partial charge on any atom is 0.312 e. The lowest BCUT2D eigenvalue weighted by Crippen LogP contribution is -2.25. The normalized spacial score (nSPS) is 11.4. The first kappa shape index (κ1) is 10.8. The largest absolute Gasteiger partial charge is 0.460 e. The summed E-state index contributed by atoms with van der Waals surface area (Å²) in [4.78, 5) is 11.4. The summed E-state index contributed by atoms with van der Waals surface area (Å²) in [5.41, 5.74) is 0.439.